The first-order valence-corrected chi connectivity index (χ1v) is 11.0. The molecule has 0 radical (unpaired) electrons. The van der Waals surface area contributed by atoms with E-state index >= 15 is 0 Å². The second-order valence-electron chi connectivity index (χ2n) is 9.03. The minimum Gasteiger partial charge on any atom is -0.345 e. The van der Waals surface area contributed by atoms with E-state index in [1.165, 1.54) is 38.5 Å². The van der Waals surface area contributed by atoms with Crippen molar-refractivity contribution in [3.05, 3.63) is 29.8 Å². The zero-order chi connectivity index (χ0) is 19.5. The van der Waals surface area contributed by atoms with Crippen molar-refractivity contribution < 1.29 is 9.59 Å². The third-order valence-corrected chi connectivity index (χ3v) is 7.02. The molecule has 1 saturated heterocycles. The van der Waals surface area contributed by atoms with E-state index in [2.05, 4.69) is 10.6 Å². The molecule has 2 N–H and O–H groups in total. The van der Waals surface area contributed by atoms with Gasteiger partial charge in [0.2, 0.25) is 11.8 Å². The number of nitrogens with one attached hydrogen (secondary N) is 2. The molecule has 5 heteroatoms. The van der Waals surface area contributed by atoms with Gasteiger partial charge in [-0.05, 0) is 48.9 Å². The molecule has 2 heterocycles. The van der Waals surface area contributed by atoms with Crippen molar-refractivity contribution in [2.24, 2.45) is 17.8 Å². The minimum atomic E-state index is -0.360. The first kappa shape index (κ1) is 19.4. The molecule has 1 aliphatic carbocycles. The number of carbonyl (C=O) groups is 2. The summed E-state index contributed by atoms with van der Waals surface area (Å²) in [5.41, 5.74) is 1.73. The number of amides is 2. The number of anilines is 1. The summed E-state index contributed by atoms with van der Waals surface area (Å²) in [7, 11) is 1.91. The maximum Gasteiger partial charge on any atom is 0.230 e. The number of benzene rings is 1. The fourth-order valence-electron chi connectivity index (χ4n) is 5.47. The number of nitrogens with zero attached hydrogens (tertiary/aromatic N) is 1. The SMILES string of the molecule is CN(C[C@@H]1CNC[C@@H]1CC1CCCCC1)C(=O)C1CC(=O)Nc2ccccc21. The highest BCUT2D eigenvalue weighted by Crippen LogP contribution is 2.35. The Bertz CT molecular complexity index is 714. The number of likely N-dealkylation sites (N-methyl/N-ethyl adjacent to an activating group) is 1. The molecule has 4 rings (SSSR count). The number of hydrogen-bond donors (Lipinski definition) is 2. The molecular formula is C23H33N3O2. The Kier molecular flexibility index (Phi) is 6.00. The topological polar surface area (TPSA) is 61.4 Å². The van der Waals surface area contributed by atoms with Crippen LogP contribution in [0.15, 0.2) is 24.3 Å². The smallest absolute Gasteiger partial charge is 0.230 e. The van der Waals surface area contributed by atoms with E-state index in [0.29, 0.717) is 11.8 Å². The largest absolute Gasteiger partial charge is 0.345 e. The molecule has 0 aromatic heterocycles. The summed E-state index contributed by atoms with van der Waals surface area (Å²) in [6.07, 6.45) is 8.48. The minimum absolute atomic E-state index is 0.0665. The molecular weight excluding hydrogens is 350 g/mol. The van der Waals surface area contributed by atoms with Crippen molar-refractivity contribution in [2.75, 3.05) is 32.0 Å². The van der Waals surface area contributed by atoms with E-state index < -0.39 is 0 Å². The van der Waals surface area contributed by atoms with Crippen LogP contribution in [0.2, 0.25) is 0 Å². The van der Waals surface area contributed by atoms with Crippen molar-refractivity contribution in [1.82, 2.24) is 10.2 Å². The molecule has 3 aliphatic rings. The van der Waals surface area contributed by atoms with Gasteiger partial charge in [0.15, 0.2) is 0 Å². The Morgan fingerprint density at radius 3 is 2.68 bits per heavy atom. The third kappa shape index (κ3) is 4.24. The molecule has 1 aromatic carbocycles. The number of fused-ring (bicyclic) bond motifs is 1. The van der Waals surface area contributed by atoms with E-state index in [-0.39, 0.29) is 24.2 Å². The van der Waals surface area contributed by atoms with E-state index in [1.807, 2.05) is 36.2 Å². The first-order valence-electron chi connectivity index (χ1n) is 11.0. The standard InChI is InChI=1S/C23H33N3O2/c1-26(15-18-14-24-13-17(18)11-16-7-3-2-4-8-16)23(28)20-12-22(27)25-21-10-6-5-9-19(20)21/h5-6,9-10,16-18,20,24H,2-4,7-8,11-15H2,1H3,(H,25,27)/t17-,18-,20?/m0/s1. The van der Waals surface area contributed by atoms with Crippen LogP contribution in [0.3, 0.4) is 0 Å². The van der Waals surface area contributed by atoms with Gasteiger partial charge in [-0.25, -0.2) is 0 Å². The summed E-state index contributed by atoms with van der Waals surface area (Å²) < 4.78 is 0. The van der Waals surface area contributed by atoms with Gasteiger partial charge in [-0.2, -0.15) is 0 Å². The normalized spacial score (nSPS) is 27.9. The van der Waals surface area contributed by atoms with Crippen LogP contribution in [0.1, 0.15) is 56.4 Å². The molecule has 2 aliphatic heterocycles. The van der Waals surface area contributed by atoms with Crippen LogP contribution in [0.4, 0.5) is 5.69 Å². The summed E-state index contributed by atoms with van der Waals surface area (Å²) in [5.74, 6) is 1.70. The van der Waals surface area contributed by atoms with Gasteiger partial charge < -0.3 is 15.5 Å². The highest BCUT2D eigenvalue weighted by atomic mass is 16.2. The van der Waals surface area contributed by atoms with E-state index in [0.717, 1.165) is 36.8 Å². The average Bonchev–Trinajstić information content (AvgIpc) is 3.14. The van der Waals surface area contributed by atoms with Crippen molar-refractivity contribution in [3.63, 3.8) is 0 Å². The monoisotopic (exact) mass is 383 g/mol. The highest BCUT2D eigenvalue weighted by Gasteiger charge is 2.35. The molecule has 1 saturated carbocycles. The second-order valence-corrected chi connectivity index (χ2v) is 9.03. The molecule has 5 nitrogen and oxygen atoms in total. The van der Waals surface area contributed by atoms with Crippen LogP contribution in [0.5, 0.6) is 0 Å². The first-order chi connectivity index (χ1) is 13.6. The van der Waals surface area contributed by atoms with E-state index in [1.54, 1.807) is 0 Å². The Hall–Kier alpha value is -1.88. The lowest BCUT2D eigenvalue weighted by Crippen LogP contribution is -2.40. The van der Waals surface area contributed by atoms with Crippen LogP contribution in [0.25, 0.3) is 0 Å². The van der Waals surface area contributed by atoms with Crippen molar-refractivity contribution in [2.45, 2.75) is 50.9 Å². The molecule has 3 atom stereocenters. The molecule has 28 heavy (non-hydrogen) atoms. The van der Waals surface area contributed by atoms with Gasteiger partial charge in [-0.15, -0.1) is 0 Å². The molecule has 152 valence electrons. The molecule has 1 aromatic rings. The summed E-state index contributed by atoms with van der Waals surface area (Å²) >= 11 is 0. The van der Waals surface area contributed by atoms with Gasteiger partial charge >= 0.3 is 0 Å². The molecule has 0 bridgehead atoms. The second kappa shape index (κ2) is 8.64. The van der Waals surface area contributed by atoms with Crippen molar-refractivity contribution in [1.29, 1.82) is 0 Å². The molecule has 2 fully saturated rings. The molecule has 1 unspecified atom stereocenters. The summed E-state index contributed by atoms with van der Waals surface area (Å²) in [6, 6.07) is 7.69. The zero-order valence-electron chi connectivity index (χ0n) is 17.0. The Balaban J connectivity index is 1.39. The third-order valence-electron chi connectivity index (χ3n) is 7.02. The van der Waals surface area contributed by atoms with Gasteiger partial charge in [0.25, 0.3) is 0 Å². The lowest BCUT2D eigenvalue weighted by molar-refractivity contribution is -0.134. The van der Waals surface area contributed by atoms with Crippen LogP contribution in [0, 0.1) is 17.8 Å². The number of carbonyl (C=O) groups excluding carboxylic acids is 2. The Morgan fingerprint density at radius 2 is 1.86 bits per heavy atom. The van der Waals surface area contributed by atoms with Gasteiger partial charge in [0.1, 0.15) is 0 Å². The quantitative estimate of drug-likeness (QED) is 0.819. The summed E-state index contributed by atoms with van der Waals surface area (Å²) in [5, 5.41) is 6.45. The summed E-state index contributed by atoms with van der Waals surface area (Å²) in [4.78, 5) is 27.2. The van der Waals surface area contributed by atoms with Crippen LogP contribution >= 0.6 is 0 Å². The summed E-state index contributed by atoms with van der Waals surface area (Å²) in [6.45, 7) is 2.86. The number of para-hydroxylation sites is 1. The van der Waals surface area contributed by atoms with Crippen molar-refractivity contribution in [3.8, 4) is 0 Å². The van der Waals surface area contributed by atoms with Crippen molar-refractivity contribution >= 4 is 17.5 Å². The number of hydrogen-bond acceptors (Lipinski definition) is 3. The van der Waals surface area contributed by atoms with Gasteiger partial charge in [0, 0.05) is 25.7 Å². The Morgan fingerprint density at radius 1 is 1.11 bits per heavy atom. The van der Waals surface area contributed by atoms with E-state index in [4.69, 9.17) is 0 Å². The van der Waals surface area contributed by atoms with Crippen LogP contribution < -0.4 is 10.6 Å². The number of rotatable bonds is 5. The molecule has 2 amide bonds. The lowest BCUT2D eigenvalue weighted by Gasteiger charge is -2.32. The average molecular weight is 384 g/mol. The fourth-order valence-corrected chi connectivity index (χ4v) is 5.47. The van der Waals surface area contributed by atoms with Gasteiger partial charge in [-0.3, -0.25) is 9.59 Å². The van der Waals surface area contributed by atoms with Crippen LogP contribution in [-0.4, -0.2) is 43.4 Å². The van der Waals surface area contributed by atoms with Gasteiger partial charge in [-0.1, -0.05) is 50.3 Å². The lowest BCUT2D eigenvalue weighted by atomic mass is 9.79. The molecule has 0 spiro atoms. The highest BCUT2D eigenvalue weighted by molar-refractivity contribution is 6.01. The van der Waals surface area contributed by atoms with Crippen LogP contribution in [-0.2, 0) is 9.59 Å². The predicted molar refractivity (Wildman–Crippen MR) is 111 cm³/mol. The van der Waals surface area contributed by atoms with E-state index in [9.17, 15) is 9.59 Å². The maximum absolute atomic E-state index is 13.2. The predicted octanol–water partition coefficient (Wildman–Crippen LogP) is 3.38. The zero-order valence-corrected chi connectivity index (χ0v) is 17.0. The maximum atomic E-state index is 13.2. The Labute approximate surface area is 168 Å². The fraction of sp³-hybridized carbons (Fsp3) is 0.652. The van der Waals surface area contributed by atoms with Gasteiger partial charge in [0.05, 0.1) is 5.92 Å².